The summed E-state index contributed by atoms with van der Waals surface area (Å²) in [5, 5.41) is 6.47. The van der Waals surface area contributed by atoms with Crippen LogP contribution in [0.3, 0.4) is 0 Å². The largest absolute Gasteiger partial charge is 0.336 e. The van der Waals surface area contributed by atoms with Crippen LogP contribution in [0.4, 0.5) is 0 Å². The van der Waals surface area contributed by atoms with Crippen LogP contribution in [-0.4, -0.2) is 57.7 Å². The van der Waals surface area contributed by atoms with Gasteiger partial charge in [0.2, 0.25) is 5.91 Å². The highest BCUT2D eigenvalue weighted by Crippen LogP contribution is 2.65. The smallest absolute Gasteiger partial charge is 0.256 e. The lowest BCUT2D eigenvalue weighted by molar-refractivity contribution is -0.126. The van der Waals surface area contributed by atoms with Crippen LogP contribution in [0, 0.1) is 5.92 Å². The van der Waals surface area contributed by atoms with Crippen molar-refractivity contribution in [2.75, 3.05) is 26.3 Å². The lowest BCUT2D eigenvalue weighted by Gasteiger charge is -2.62. The number of fused-ring (bicyclic) bond motifs is 1. The molecule has 202 valence electrons. The molecule has 6 aliphatic rings. The SMILES string of the molecule is C=CC(=O)N1CCc2nn(-c3ccc(C45CC(C4)C5)cc3)c3c2C(C1)N(C(=O)c1ccc(Br)c2c1=NCN=2)CC3. The maximum Gasteiger partial charge on any atom is 0.256 e. The summed E-state index contributed by atoms with van der Waals surface area (Å²) in [6.07, 6.45) is 6.69. The number of halogens is 1. The minimum absolute atomic E-state index is 0.0882. The molecule has 40 heavy (non-hydrogen) atoms. The van der Waals surface area contributed by atoms with E-state index < -0.39 is 0 Å². The maximum atomic E-state index is 14.1. The zero-order valence-electron chi connectivity index (χ0n) is 22.1. The van der Waals surface area contributed by atoms with Gasteiger partial charge in [-0.15, -0.1) is 0 Å². The van der Waals surface area contributed by atoms with Crippen LogP contribution in [0.2, 0.25) is 0 Å². The van der Waals surface area contributed by atoms with Crippen LogP contribution in [-0.2, 0) is 23.1 Å². The third-order valence-corrected chi connectivity index (χ3v) is 10.3. The molecule has 9 rings (SSSR count). The molecule has 0 radical (unpaired) electrons. The molecule has 3 aliphatic carbocycles. The van der Waals surface area contributed by atoms with Crippen molar-refractivity contribution >= 4 is 27.7 Å². The third kappa shape index (κ3) is 3.39. The second kappa shape index (κ2) is 8.70. The molecule has 0 spiro atoms. The van der Waals surface area contributed by atoms with Gasteiger partial charge in [0.05, 0.1) is 39.4 Å². The first-order chi connectivity index (χ1) is 19.5. The summed E-state index contributed by atoms with van der Waals surface area (Å²) in [5.74, 6) is 0.734. The quantitative estimate of drug-likeness (QED) is 0.434. The fourth-order valence-electron chi connectivity index (χ4n) is 7.54. The number of carbonyl (C=O) groups is 2. The number of benzene rings is 2. The Labute approximate surface area is 240 Å². The fourth-order valence-corrected chi connectivity index (χ4v) is 7.98. The highest BCUT2D eigenvalue weighted by molar-refractivity contribution is 9.10. The van der Waals surface area contributed by atoms with Crippen molar-refractivity contribution in [3.05, 3.63) is 92.3 Å². The molecule has 1 atom stereocenters. The van der Waals surface area contributed by atoms with Gasteiger partial charge in [-0.3, -0.25) is 19.6 Å². The lowest BCUT2D eigenvalue weighted by Crippen LogP contribution is -2.55. The molecule has 9 heteroatoms. The van der Waals surface area contributed by atoms with E-state index in [1.807, 2.05) is 17.0 Å². The predicted molar refractivity (Wildman–Crippen MR) is 152 cm³/mol. The van der Waals surface area contributed by atoms with Gasteiger partial charge in [0, 0.05) is 42.5 Å². The van der Waals surface area contributed by atoms with E-state index in [-0.39, 0.29) is 17.9 Å². The molecular formula is C31H29BrN6O2. The second-order valence-electron chi connectivity index (χ2n) is 11.8. The van der Waals surface area contributed by atoms with Crippen LogP contribution in [0.25, 0.3) is 5.69 Å². The van der Waals surface area contributed by atoms with Crippen LogP contribution in [0.15, 0.2) is 63.5 Å². The molecule has 2 bridgehead atoms. The molecular weight excluding hydrogens is 568 g/mol. The van der Waals surface area contributed by atoms with Crippen LogP contribution in [0.5, 0.6) is 0 Å². The van der Waals surface area contributed by atoms with Crippen molar-refractivity contribution in [1.82, 2.24) is 19.6 Å². The van der Waals surface area contributed by atoms with Crippen molar-refractivity contribution in [3.8, 4) is 5.69 Å². The first-order valence-corrected chi connectivity index (χ1v) is 14.9. The van der Waals surface area contributed by atoms with Gasteiger partial charge in [-0.2, -0.15) is 5.10 Å². The van der Waals surface area contributed by atoms with E-state index in [2.05, 4.69) is 61.4 Å². The highest BCUT2D eigenvalue weighted by Gasteiger charge is 2.57. The van der Waals surface area contributed by atoms with Gasteiger partial charge >= 0.3 is 0 Å². The Bertz CT molecular complexity index is 1730. The Kier molecular flexibility index (Phi) is 5.27. The molecule has 3 aliphatic heterocycles. The van der Waals surface area contributed by atoms with Crippen LogP contribution >= 0.6 is 15.9 Å². The van der Waals surface area contributed by atoms with E-state index >= 15 is 0 Å². The standard InChI is InChI=1S/C31H29BrN6O2/c1-2-26(39)36-11-9-23-27-24(38(35-23)20-5-3-19(4-6-20)31-13-18(14-31)15-31)10-12-37(25(27)16-36)30(40)21-7-8-22(32)29-28(21)33-17-34-29/h2-8,18,25H,1,9-17H2. The molecule has 1 unspecified atom stereocenters. The van der Waals surface area contributed by atoms with Crippen molar-refractivity contribution in [2.45, 2.75) is 43.6 Å². The lowest BCUT2D eigenvalue weighted by atomic mass is 9.42. The first-order valence-electron chi connectivity index (χ1n) is 14.1. The van der Waals surface area contributed by atoms with Crippen molar-refractivity contribution < 1.29 is 9.59 Å². The van der Waals surface area contributed by atoms with E-state index in [0.717, 1.165) is 38.4 Å². The predicted octanol–water partition coefficient (Wildman–Crippen LogP) is 3.21. The summed E-state index contributed by atoms with van der Waals surface area (Å²) < 4.78 is 2.92. The van der Waals surface area contributed by atoms with E-state index in [1.54, 1.807) is 4.90 Å². The van der Waals surface area contributed by atoms with E-state index in [9.17, 15) is 9.59 Å². The van der Waals surface area contributed by atoms with Crippen molar-refractivity contribution in [3.63, 3.8) is 0 Å². The molecule has 3 fully saturated rings. The minimum Gasteiger partial charge on any atom is -0.336 e. The Balaban J connectivity index is 1.19. The van der Waals surface area contributed by atoms with Crippen LogP contribution in [0.1, 0.15) is 58.2 Å². The normalized spacial score (nSPS) is 25.4. The molecule has 0 saturated heterocycles. The van der Waals surface area contributed by atoms with Gasteiger partial charge in [-0.1, -0.05) is 18.7 Å². The average molecular weight is 598 g/mol. The Morgan fingerprint density at radius 2 is 1.77 bits per heavy atom. The molecule has 3 saturated carbocycles. The van der Waals surface area contributed by atoms with E-state index in [1.165, 1.54) is 30.9 Å². The molecule has 2 aromatic carbocycles. The third-order valence-electron chi connectivity index (χ3n) is 9.71. The average Bonchev–Trinajstić information content (AvgIpc) is 3.50. The van der Waals surface area contributed by atoms with Crippen molar-refractivity contribution in [2.24, 2.45) is 15.9 Å². The first kappa shape index (κ1) is 24.2. The van der Waals surface area contributed by atoms with Crippen molar-refractivity contribution in [1.29, 1.82) is 0 Å². The molecule has 1 aromatic heterocycles. The number of nitrogens with zero attached hydrogens (tertiary/aromatic N) is 6. The zero-order valence-corrected chi connectivity index (χ0v) is 23.7. The van der Waals surface area contributed by atoms with Crippen LogP contribution < -0.4 is 10.7 Å². The summed E-state index contributed by atoms with van der Waals surface area (Å²) in [7, 11) is 0. The van der Waals surface area contributed by atoms with E-state index in [0.29, 0.717) is 55.5 Å². The molecule has 4 heterocycles. The maximum absolute atomic E-state index is 14.1. The molecule has 2 amide bonds. The molecule has 8 nitrogen and oxygen atoms in total. The number of hydrogen-bond donors (Lipinski definition) is 0. The summed E-state index contributed by atoms with van der Waals surface area (Å²) in [5.41, 5.74) is 6.66. The highest BCUT2D eigenvalue weighted by atomic mass is 79.9. The monoisotopic (exact) mass is 596 g/mol. The fraction of sp³-hybridized carbons (Fsp3) is 0.387. The van der Waals surface area contributed by atoms with Gasteiger partial charge in [0.25, 0.3) is 5.91 Å². The Hall–Kier alpha value is -3.59. The Morgan fingerprint density at radius 3 is 2.50 bits per heavy atom. The van der Waals surface area contributed by atoms with Gasteiger partial charge in [-0.05, 0) is 82.4 Å². The zero-order chi connectivity index (χ0) is 27.2. The van der Waals surface area contributed by atoms with Gasteiger partial charge in [0.15, 0.2) is 0 Å². The number of hydrogen-bond acceptors (Lipinski definition) is 5. The minimum atomic E-state index is -0.302. The summed E-state index contributed by atoms with van der Waals surface area (Å²) in [6.45, 7) is 5.51. The summed E-state index contributed by atoms with van der Waals surface area (Å²) >= 11 is 3.54. The van der Waals surface area contributed by atoms with E-state index in [4.69, 9.17) is 5.10 Å². The Morgan fingerprint density at radius 1 is 1.00 bits per heavy atom. The number of amides is 2. The second-order valence-corrected chi connectivity index (χ2v) is 12.6. The topological polar surface area (TPSA) is 83.2 Å². The number of rotatable bonds is 4. The molecule has 3 aromatic rings. The summed E-state index contributed by atoms with van der Waals surface area (Å²) in [6, 6.07) is 12.4. The molecule has 0 N–H and O–H groups in total. The van der Waals surface area contributed by atoms with Gasteiger partial charge in [-0.25, -0.2) is 4.68 Å². The number of carbonyl (C=O) groups excluding carboxylic acids is 2. The van der Waals surface area contributed by atoms with Gasteiger partial charge in [0.1, 0.15) is 6.67 Å². The number of aromatic nitrogens is 2. The van der Waals surface area contributed by atoms with Gasteiger partial charge < -0.3 is 9.80 Å². The summed E-state index contributed by atoms with van der Waals surface area (Å²) in [4.78, 5) is 39.6.